The van der Waals surface area contributed by atoms with E-state index in [9.17, 15) is 14.7 Å². The minimum atomic E-state index is -0.883. The van der Waals surface area contributed by atoms with Gasteiger partial charge in [0.15, 0.2) is 0 Å². The van der Waals surface area contributed by atoms with Crippen molar-refractivity contribution in [1.82, 2.24) is 10.6 Å². The molecule has 1 fully saturated rings. The molecule has 24 heavy (non-hydrogen) atoms. The molecule has 1 atom stereocenters. The van der Waals surface area contributed by atoms with Gasteiger partial charge >= 0.3 is 0 Å². The number of aliphatic hydroxyl groups is 1. The summed E-state index contributed by atoms with van der Waals surface area (Å²) in [5, 5.41) is 15.1. The number of rotatable bonds is 6. The molecule has 1 unspecified atom stereocenters. The second kappa shape index (κ2) is 10.1. The number of amides is 2. The van der Waals surface area contributed by atoms with Gasteiger partial charge in [0.1, 0.15) is 6.04 Å². The Morgan fingerprint density at radius 1 is 1.04 bits per heavy atom. The molecule has 1 aliphatic carbocycles. The van der Waals surface area contributed by atoms with E-state index in [1.165, 1.54) is 19.3 Å². The zero-order valence-electron chi connectivity index (χ0n) is 14.2. The molecule has 2 rings (SSSR count). The predicted octanol–water partition coefficient (Wildman–Crippen LogP) is 1.94. The molecule has 0 saturated heterocycles. The number of hydrogen-bond donors (Lipinski definition) is 3. The maximum atomic E-state index is 12.3. The molecule has 0 bridgehead atoms. The largest absolute Gasteiger partial charge is 0.394 e. The summed E-state index contributed by atoms with van der Waals surface area (Å²) < 4.78 is 0. The summed E-state index contributed by atoms with van der Waals surface area (Å²) in [4.78, 5) is 24.4. The Hall–Kier alpha value is -1.88. The third-order valence-corrected chi connectivity index (χ3v) is 4.49. The van der Waals surface area contributed by atoms with Crippen LogP contribution in [0.15, 0.2) is 30.3 Å². The highest BCUT2D eigenvalue weighted by Gasteiger charge is 2.23. The van der Waals surface area contributed by atoms with Gasteiger partial charge in [-0.05, 0) is 18.4 Å². The average molecular weight is 332 g/mol. The van der Waals surface area contributed by atoms with Gasteiger partial charge in [0, 0.05) is 6.04 Å². The normalized spacial score (nSPS) is 17.4. The standard InChI is InChI=1S/C19H28N2O3/c22-14-17(21-18(23)13-15-9-5-4-6-10-15)19(24)20-16-11-7-2-1-3-8-12-16/h4-6,9-10,16-17,22H,1-3,7-8,11-14H2,(H,20,24)(H,21,23). The molecular formula is C19H28N2O3. The van der Waals surface area contributed by atoms with Crippen molar-refractivity contribution in [2.75, 3.05) is 6.61 Å². The number of hydrogen-bond acceptors (Lipinski definition) is 3. The highest BCUT2D eigenvalue weighted by atomic mass is 16.3. The molecule has 0 heterocycles. The molecule has 1 aromatic carbocycles. The van der Waals surface area contributed by atoms with Gasteiger partial charge in [0.05, 0.1) is 13.0 Å². The molecule has 0 spiro atoms. The highest BCUT2D eigenvalue weighted by Crippen LogP contribution is 2.17. The maximum absolute atomic E-state index is 12.3. The maximum Gasteiger partial charge on any atom is 0.245 e. The number of aliphatic hydroxyl groups excluding tert-OH is 1. The van der Waals surface area contributed by atoms with Crippen LogP contribution in [0.2, 0.25) is 0 Å². The minimum absolute atomic E-state index is 0.151. The van der Waals surface area contributed by atoms with Crippen molar-refractivity contribution in [3.8, 4) is 0 Å². The lowest BCUT2D eigenvalue weighted by Gasteiger charge is -2.24. The van der Waals surface area contributed by atoms with Crippen molar-refractivity contribution >= 4 is 11.8 Å². The number of benzene rings is 1. The van der Waals surface area contributed by atoms with E-state index in [1.54, 1.807) is 0 Å². The first-order valence-electron chi connectivity index (χ1n) is 8.93. The smallest absolute Gasteiger partial charge is 0.245 e. The fourth-order valence-corrected chi connectivity index (χ4v) is 3.12. The van der Waals surface area contributed by atoms with Crippen LogP contribution < -0.4 is 10.6 Å². The fourth-order valence-electron chi connectivity index (χ4n) is 3.12. The van der Waals surface area contributed by atoms with E-state index in [4.69, 9.17) is 0 Å². The summed E-state index contributed by atoms with van der Waals surface area (Å²) in [6, 6.07) is 8.62. The minimum Gasteiger partial charge on any atom is -0.394 e. The van der Waals surface area contributed by atoms with E-state index >= 15 is 0 Å². The molecule has 0 aromatic heterocycles. The van der Waals surface area contributed by atoms with Gasteiger partial charge in [-0.25, -0.2) is 0 Å². The summed E-state index contributed by atoms with van der Waals surface area (Å²) in [6.07, 6.45) is 8.09. The second-order valence-corrected chi connectivity index (χ2v) is 6.52. The monoisotopic (exact) mass is 332 g/mol. The van der Waals surface area contributed by atoms with Crippen LogP contribution in [0.25, 0.3) is 0 Å². The van der Waals surface area contributed by atoms with E-state index in [2.05, 4.69) is 10.6 Å². The van der Waals surface area contributed by atoms with E-state index in [1.807, 2.05) is 30.3 Å². The quantitative estimate of drug-likeness (QED) is 0.745. The van der Waals surface area contributed by atoms with Crippen LogP contribution in [0.4, 0.5) is 0 Å². The zero-order chi connectivity index (χ0) is 17.2. The predicted molar refractivity (Wildman–Crippen MR) is 93.4 cm³/mol. The van der Waals surface area contributed by atoms with Crippen molar-refractivity contribution in [2.45, 2.75) is 63.5 Å². The Balaban J connectivity index is 1.82. The third-order valence-electron chi connectivity index (χ3n) is 4.49. The lowest BCUT2D eigenvalue weighted by atomic mass is 9.96. The van der Waals surface area contributed by atoms with Gasteiger partial charge in [-0.15, -0.1) is 0 Å². The summed E-state index contributed by atoms with van der Waals surface area (Å²) >= 11 is 0. The summed E-state index contributed by atoms with van der Waals surface area (Å²) in [7, 11) is 0. The van der Waals surface area contributed by atoms with Gasteiger partial charge in [0.25, 0.3) is 0 Å². The molecule has 132 valence electrons. The Morgan fingerprint density at radius 3 is 2.29 bits per heavy atom. The molecule has 1 saturated carbocycles. The van der Waals surface area contributed by atoms with Gasteiger partial charge in [-0.3, -0.25) is 9.59 Å². The first kappa shape index (κ1) is 18.5. The average Bonchev–Trinajstić information content (AvgIpc) is 2.55. The van der Waals surface area contributed by atoms with Crippen LogP contribution in [0.1, 0.15) is 50.5 Å². The lowest BCUT2D eigenvalue weighted by Crippen LogP contribution is -2.51. The molecule has 5 nitrogen and oxygen atoms in total. The highest BCUT2D eigenvalue weighted by molar-refractivity contribution is 5.88. The fraction of sp³-hybridized carbons (Fsp3) is 0.579. The van der Waals surface area contributed by atoms with E-state index < -0.39 is 6.04 Å². The number of nitrogens with one attached hydrogen (secondary N) is 2. The van der Waals surface area contributed by atoms with E-state index in [0.717, 1.165) is 31.2 Å². The van der Waals surface area contributed by atoms with Crippen LogP contribution in [0, 0.1) is 0 Å². The van der Waals surface area contributed by atoms with Crippen LogP contribution in [-0.2, 0) is 16.0 Å². The van der Waals surface area contributed by atoms with Crippen molar-refractivity contribution in [2.24, 2.45) is 0 Å². The Kier molecular flexibility index (Phi) is 7.75. The van der Waals surface area contributed by atoms with Gasteiger partial charge in [-0.1, -0.05) is 62.4 Å². The molecule has 5 heteroatoms. The van der Waals surface area contributed by atoms with Crippen molar-refractivity contribution in [3.63, 3.8) is 0 Å². The molecule has 2 amide bonds. The lowest BCUT2D eigenvalue weighted by molar-refractivity contribution is -0.130. The van der Waals surface area contributed by atoms with Crippen LogP contribution in [0.3, 0.4) is 0 Å². The zero-order valence-corrected chi connectivity index (χ0v) is 14.2. The summed E-state index contributed by atoms with van der Waals surface area (Å²) in [6.45, 7) is -0.390. The molecule has 1 aromatic rings. The van der Waals surface area contributed by atoms with Crippen LogP contribution in [-0.4, -0.2) is 35.6 Å². The summed E-state index contributed by atoms with van der Waals surface area (Å²) in [5.41, 5.74) is 0.882. The van der Waals surface area contributed by atoms with Crippen LogP contribution >= 0.6 is 0 Å². The third kappa shape index (κ3) is 6.32. The Labute approximate surface area is 143 Å². The molecule has 3 N–H and O–H groups in total. The SMILES string of the molecule is O=C(Cc1ccccc1)NC(CO)C(=O)NC1CCCCCCC1. The van der Waals surface area contributed by atoms with Crippen molar-refractivity contribution < 1.29 is 14.7 Å². The Bertz CT molecular complexity index is 511. The first-order chi connectivity index (χ1) is 11.7. The first-order valence-corrected chi connectivity index (χ1v) is 8.93. The van der Waals surface area contributed by atoms with Crippen molar-refractivity contribution in [3.05, 3.63) is 35.9 Å². The van der Waals surface area contributed by atoms with E-state index in [-0.39, 0.29) is 30.9 Å². The number of carbonyl (C=O) groups excluding carboxylic acids is 2. The molecular weight excluding hydrogens is 304 g/mol. The molecule has 0 aliphatic heterocycles. The molecule has 0 radical (unpaired) electrons. The summed E-state index contributed by atoms with van der Waals surface area (Å²) in [5.74, 6) is -0.544. The van der Waals surface area contributed by atoms with Gasteiger partial charge < -0.3 is 15.7 Å². The second-order valence-electron chi connectivity index (χ2n) is 6.52. The molecule has 1 aliphatic rings. The number of carbonyl (C=O) groups is 2. The van der Waals surface area contributed by atoms with Crippen LogP contribution in [0.5, 0.6) is 0 Å². The van der Waals surface area contributed by atoms with Gasteiger partial charge in [-0.2, -0.15) is 0 Å². The topological polar surface area (TPSA) is 78.4 Å². The van der Waals surface area contributed by atoms with Gasteiger partial charge in [0.2, 0.25) is 11.8 Å². The van der Waals surface area contributed by atoms with E-state index in [0.29, 0.717) is 0 Å². The van der Waals surface area contributed by atoms with Crippen molar-refractivity contribution in [1.29, 1.82) is 0 Å². The Morgan fingerprint density at radius 2 is 1.67 bits per heavy atom.